The predicted molar refractivity (Wildman–Crippen MR) is 100.0 cm³/mol. The topological polar surface area (TPSA) is 47.1 Å². The molecule has 6 heteroatoms. The molecule has 4 aromatic rings. The maximum Gasteiger partial charge on any atom is 0.224 e. The molecule has 0 bridgehead atoms. The number of H-pyrrole nitrogens is 1. The molecule has 0 atom stereocenters. The Bertz CT molecular complexity index is 1120. The highest BCUT2D eigenvalue weighted by Crippen LogP contribution is 2.34. The van der Waals surface area contributed by atoms with Crippen molar-refractivity contribution in [3.63, 3.8) is 0 Å². The summed E-state index contributed by atoms with van der Waals surface area (Å²) in [4.78, 5) is 7.36. The van der Waals surface area contributed by atoms with Gasteiger partial charge >= 0.3 is 0 Å². The largest absolute Gasteiger partial charge is 0.481 e. The summed E-state index contributed by atoms with van der Waals surface area (Å²) in [5.74, 6) is -0.328. The molecule has 0 radical (unpaired) electrons. The fourth-order valence-electron chi connectivity index (χ4n) is 3.10. The highest BCUT2D eigenvalue weighted by molar-refractivity contribution is 5.90. The maximum absolute atomic E-state index is 14.1. The Hall–Kier alpha value is -3.41. The van der Waals surface area contributed by atoms with Crippen molar-refractivity contribution in [3.8, 4) is 34.1 Å². The lowest BCUT2D eigenvalue weighted by Gasteiger charge is -2.09. The zero-order valence-corrected chi connectivity index (χ0v) is 14.7. The third-order valence-electron chi connectivity index (χ3n) is 4.40. The van der Waals surface area contributed by atoms with Gasteiger partial charge in [0.15, 0.2) is 0 Å². The SMILES string of the molecule is COc1ccc(-c2ccc3[nH]c(-c4c(F)cccc4F)cc3c2)c(OC)n1. The maximum atomic E-state index is 14.1. The van der Waals surface area contributed by atoms with Gasteiger partial charge in [-0.2, -0.15) is 4.98 Å². The van der Waals surface area contributed by atoms with Crippen LogP contribution in [0, 0.1) is 11.6 Å². The minimum atomic E-state index is -0.609. The zero-order chi connectivity index (χ0) is 19.0. The Labute approximate surface area is 154 Å². The molecule has 2 aromatic carbocycles. The van der Waals surface area contributed by atoms with Gasteiger partial charge in [0.25, 0.3) is 0 Å². The number of benzene rings is 2. The van der Waals surface area contributed by atoms with E-state index in [1.807, 2.05) is 24.3 Å². The van der Waals surface area contributed by atoms with Crippen LogP contribution in [0.5, 0.6) is 11.8 Å². The molecule has 0 fully saturated rings. The van der Waals surface area contributed by atoms with Crippen molar-refractivity contribution < 1.29 is 18.3 Å². The van der Waals surface area contributed by atoms with E-state index in [9.17, 15) is 8.78 Å². The van der Waals surface area contributed by atoms with Gasteiger partial charge in [-0.25, -0.2) is 8.78 Å². The monoisotopic (exact) mass is 366 g/mol. The fraction of sp³-hybridized carbons (Fsp3) is 0.0952. The zero-order valence-electron chi connectivity index (χ0n) is 14.7. The number of methoxy groups -OCH3 is 2. The molecule has 136 valence electrons. The Morgan fingerprint density at radius 1 is 0.889 bits per heavy atom. The van der Waals surface area contributed by atoms with E-state index in [0.717, 1.165) is 22.0 Å². The number of hydrogen-bond donors (Lipinski definition) is 1. The van der Waals surface area contributed by atoms with E-state index in [2.05, 4.69) is 9.97 Å². The average molecular weight is 366 g/mol. The summed E-state index contributed by atoms with van der Waals surface area (Å²) >= 11 is 0. The third kappa shape index (κ3) is 2.99. The highest BCUT2D eigenvalue weighted by Gasteiger charge is 2.15. The van der Waals surface area contributed by atoms with Crippen LogP contribution in [0.1, 0.15) is 0 Å². The number of ether oxygens (including phenoxy) is 2. The van der Waals surface area contributed by atoms with Crippen LogP contribution in [-0.2, 0) is 0 Å². The summed E-state index contributed by atoms with van der Waals surface area (Å²) in [5, 5.41) is 0.822. The van der Waals surface area contributed by atoms with Gasteiger partial charge in [0.2, 0.25) is 11.8 Å². The van der Waals surface area contributed by atoms with Crippen LogP contribution in [0.25, 0.3) is 33.3 Å². The van der Waals surface area contributed by atoms with E-state index in [1.54, 1.807) is 19.2 Å². The van der Waals surface area contributed by atoms with E-state index in [0.29, 0.717) is 17.5 Å². The Morgan fingerprint density at radius 2 is 1.67 bits per heavy atom. The summed E-state index contributed by atoms with van der Waals surface area (Å²) in [6.07, 6.45) is 0. The summed E-state index contributed by atoms with van der Waals surface area (Å²) in [6, 6.07) is 14.8. The molecule has 0 saturated carbocycles. The van der Waals surface area contributed by atoms with Crippen LogP contribution in [0.4, 0.5) is 8.78 Å². The van der Waals surface area contributed by atoms with Crippen LogP contribution in [0.2, 0.25) is 0 Å². The summed E-state index contributed by atoms with van der Waals surface area (Å²) in [7, 11) is 3.08. The van der Waals surface area contributed by atoms with Gasteiger partial charge in [-0.15, -0.1) is 0 Å². The molecule has 1 N–H and O–H groups in total. The van der Waals surface area contributed by atoms with Crippen molar-refractivity contribution in [2.24, 2.45) is 0 Å². The van der Waals surface area contributed by atoms with Crippen LogP contribution >= 0.6 is 0 Å². The van der Waals surface area contributed by atoms with Crippen molar-refractivity contribution in [3.05, 3.63) is 66.2 Å². The lowest BCUT2D eigenvalue weighted by molar-refractivity contribution is 0.366. The van der Waals surface area contributed by atoms with Crippen molar-refractivity contribution in [2.45, 2.75) is 0 Å². The first kappa shape index (κ1) is 17.0. The number of fused-ring (bicyclic) bond motifs is 1. The first-order valence-corrected chi connectivity index (χ1v) is 8.27. The molecule has 4 nitrogen and oxygen atoms in total. The molecule has 27 heavy (non-hydrogen) atoms. The van der Waals surface area contributed by atoms with Crippen molar-refractivity contribution in [1.29, 1.82) is 0 Å². The van der Waals surface area contributed by atoms with Crippen LogP contribution in [-0.4, -0.2) is 24.2 Å². The Morgan fingerprint density at radius 3 is 2.37 bits per heavy atom. The van der Waals surface area contributed by atoms with Crippen molar-refractivity contribution >= 4 is 10.9 Å². The lowest BCUT2D eigenvalue weighted by atomic mass is 10.0. The number of aromatic nitrogens is 2. The Balaban J connectivity index is 1.82. The van der Waals surface area contributed by atoms with Gasteiger partial charge < -0.3 is 14.5 Å². The van der Waals surface area contributed by atoms with Crippen molar-refractivity contribution in [1.82, 2.24) is 9.97 Å². The number of nitrogens with one attached hydrogen (secondary N) is 1. The second-order valence-corrected chi connectivity index (χ2v) is 5.99. The van der Waals surface area contributed by atoms with E-state index in [4.69, 9.17) is 9.47 Å². The summed E-state index contributed by atoms with van der Waals surface area (Å²) in [5.41, 5.74) is 2.75. The van der Waals surface area contributed by atoms with E-state index < -0.39 is 11.6 Å². The molecular formula is C21H16F2N2O2. The number of rotatable bonds is 4. The quantitative estimate of drug-likeness (QED) is 0.540. The first-order valence-electron chi connectivity index (χ1n) is 8.27. The van der Waals surface area contributed by atoms with E-state index in [-0.39, 0.29) is 5.56 Å². The molecule has 0 spiro atoms. The number of halogens is 2. The first-order chi connectivity index (χ1) is 13.1. The average Bonchev–Trinajstić information content (AvgIpc) is 3.09. The van der Waals surface area contributed by atoms with Gasteiger partial charge in [0, 0.05) is 22.5 Å². The van der Waals surface area contributed by atoms with Crippen molar-refractivity contribution in [2.75, 3.05) is 14.2 Å². The standard InChI is InChI=1S/C21H16F2N2O2/c1-26-19-9-7-14(21(25-19)27-2)12-6-8-17-13(10-12)11-18(24-17)20-15(22)4-3-5-16(20)23/h3-11,24H,1-2H3. The minimum absolute atomic E-state index is 0.0704. The molecule has 2 aromatic heterocycles. The van der Waals surface area contributed by atoms with Crippen LogP contribution in [0.3, 0.4) is 0 Å². The fourth-order valence-corrected chi connectivity index (χ4v) is 3.10. The molecule has 2 heterocycles. The van der Waals surface area contributed by atoms with Gasteiger partial charge in [-0.3, -0.25) is 0 Å². The van der Waals surface area contributed by atoms with Gasteiger partial charge in [0.05, 0.1) is 25.5 Å². The molecule has 0 aliphatic carbocycles. The smallest absolute Gasteiger partial charge is 0.224 e. The number of hydrogen-bond acceptors (Lipinski definition) is 3. The molecule has 0 unspecified atom stereocenters. The van der Waals surface area contributed by atoms with Crippen LogP contribution in [0.15, 0.2) is 54.6 Å². The lowest BCUT2D eigenvalue weighted by Crippen LogP contribution is -1.94. The second-order valence-electron chi connectivity index (χ2n) is 5.99. The number of aromatic amines is 1. The van der Waals surface area contributed by atoms with Gasteiger partial charge in [-0.05, 0) is 42.0 Å². The highest BCUT2D eigenvalue weighted by atomic mass is 19.1. The van der Waals surface area contributed by atoms with Crippen LogP contribution < -0.4 is 9.47 Å². The summed E-state index contributed by atoms with van der Waals surface area (Å²) < 4.78 is 38.7. The second kappa shape index (κ2) is 6.72. The van der Waals surface area contributed by atoms with E-state index >= 15 is 0 Å². The Kier molecular flexibility index (Phi) is 4.24. The minimum Gasteiger partial charge on any atom is -0.481 e. The molecule has 4 rings (SSSR count). The molecule has 0 aliphatic rings. The molecule has 0 saturated heterocycles. The molecule has 0 amide bonds. The molecular weight excluding hydrogens is 350 g/mol. The third-order valence-corrected chi connectivity index (χ3v) is 4.40. The molecule has 0 aliphatic heterocycles. The number of pyridine rings is 1. The number of nitrogens with zero attached hydrogens (tertiary/aromatic N) is 1. The van der Waals surface area contributed by atoms with E-state index in [1.165, 1.54) is 25.3 Å². The normalized spacial score (nSPS) is 11.0. The van der Waals surface area contributed by atoms with Gasteiger partial charge in [0.1, 0.15) is 11.6 Å². The predicted octanol–water partition coefficient (Wildman–Crippen LogP) is 5.19. The van der Waals surface area contributed by atoms with Gasteiger partial charge in [-0.1, -0.05) is 12.1 Å². The summed E-state index contributed by atoms with van der Waals surface area (Å²) in [6.45, 7) is 0.